The van der Waals surface area contributed by atoms with Gasteiger partial charge in [0.2, 0.25) is 0 Å². The summed E-state index contributed by atoms with van der Waals surface area (Å²) in [5, 5.41) is 2.64. The maximum Gasteiger partial charge on any atom is 0.134 e. The van der Waals surface area contributed by atoms with Crippen LogP contribution in [0.2, 0.25) is 0 Å². The topological polar surface area (TPSA) is 12.5 Å². The Morgan fingerprint density at radius 1 is 0.548 bits per heavy atom. The molecular weight excluding hydrogens is 771 g/mol. The number of hydrogen-bond donors (Lipinski definition) is 0. The molecule has 0 unspecified atom stereocenters. The minimum Gasteiger partial charge on any atom is -0.456 e. The van der Waals surface area contributed by atoms with Crippen LogP contribution in [0, 0.1) is 13.8 Å². The van der Waals surface area contributed by atoms with Crippen molar-refractivity contribution in [2.75, 3.05) is 4.90 Å². The molecule has 306 valence electrons. The van der Waals surface area contributed by atoms with E-state index in [1.54, 1.807) is 12.2 Å². The number of nitrogens with zero attached hydrogens (tertiary/aromatic N) is 1. The average Bonchev–Trinajstić information content (AvgIpc) is 3.76. The van der Waals surface area contributed by atoms with Crippen LogP contribution in [0.1, 0.15) is 68.0 Å². The summed E-state index contributed by atoms with van der Waals surface area (Å²) in [5.41, 5.74) is 18.0. The summed E-state index contributed by atoms with van der Waals surface area (Å²) in [5.74, 6) is 1.94. The molecule has 0 N–H and O–H groups in total. The van der Waals surface area contributed by atoms with E-state index in [0.29, 0.717) is 0 Å². The molecule has 3 heteroatoms. The molecule has 0 saturated heterocycles. The molecule has 2 aliphatic rings. The summed E-state index contributed by atoms with van der Waals surface area (Å²) in [6, 6.07) is 51.7. The van der Waals surface area contributed by atoms with Crippen molar-refractivity contribution < 1.29 is 4.74 Å². The number of thiophene rings is 1. The smallest absolute Gasteiger partial charge is 0.134 e. The van der Waals surface area contributed by atoms with Gasteiger partial charge in [-0.3, -0.25) is 0 Å². The first-order chi connectivity index (χ1) is 29.9. The summed E-state index contributed by atoms with van der Waals surface area (Å²) in [6.07, 6.45) is 5.30. The molecule has 1 aliphatic heterocycles. The summed E-state index contributed by atoms with van der Waals surface area (Å²) in [4.78, 5) is 2.40. The van der Waals surface area contributed by atoms with Crippen molar-refractivity contribution in [2.45, 2.75) is 59.3 Å². The molecule has 8 aromatic rings. The zero-order chi connectivity index (χ0) is 43.5. The van der Waals surface area contributed by atoms with Gasteiger partial charge in [0.15, 0.2) is 0 Å². The molecule has 0 atom stereocenters. The van der Waals surface area contributed by atoms with Crippen LogP contribution in [0.5, 0.6) is 11.5 Å². The zero-order valence-corrected chi connectivity index (χ0v) is 37.7. The first kappa shape index (κ1) is 40.7. The lowest BCUT2D eigenvalue weighted by atomic mass is 9.74. The van der Waals surface area contributed by atoms with Crippen molar-refractivity contribution in [1.29, 1.82) is 0 Å². The van der Waals surface area contributed by atoms with Crippen molar-refractivity contribution in [2.24, 2.45) is 0 Å². The second-order valence-corrected chi connectivity index (χ2v) is 18.7. The van der Waals surface area contributed by atoms with Gasteiger partial charge < -0.3 is 9.64 Å². The van der Waals surface area contributed by atoms with E-state index in [1.807, 2.05) is 17.4 Å². The Kier molecular flexibility index (Phi) is 10.3. The summed E-state index contributed by atoms with van der Waals surface area (Å²) < 4.78 is 9.24. The first-order valence-corrected chi connectivity index (χ1v) is 22.3. The lowest BCUT2D eigenvalue weighted by Gasteiger charge is -2.36. The van der Waals surface area contributed by atoms with E-state index in [9.17, 15) is 0 Å². The zero-order valence-electron chi connectivity index (χ0n) is 36.9. The predicted octanol–water partition coefficient (Wildman–Crippen LogP) is 17.5. The molecule has 0 saturated carbocycles. The molecule has 2 heterocycles. The van der Waals surface area contributed by atoms with E-state index in [-0.39, 0.29) is 10.8 Å². The highest BCUT2D eigenvalue weighted by Crippen LogP contribution is 2.52. The minimum atomic E-state index is -0.192. The number of benzene rings is 7. The molecule has 7 aromatic carbocycles. The van der Waals surface area contributed by atoms with Gasteiger partial charge in [0, 0.05) is 59.2 Å². The van der Waals surface area contributed by atoms with Crippen LogP contribution in [0.15, 0.2) is 183 Å². The lowest BCUT2D eigenvalue weighted by molar-refractivity contribution is 0.414. The highest BCUT2D eigenvalue weighted by Gasteiger charge is 2.36. The van der Waals surface area contributed by atoms with Crippen LogP contribution < -0.4 is 9.64 Å². The van der Waals surface area contributed by atoms with Crippen molar-refractivity contribution >= 4 is 54.1 Å². The van der Waals surface area contributed by atoms with E-state index in [2.05, 4.69) is 213 Å². The van der Waals surface area contributed by atoms with Gasteiger partial charge >= 0.3 is 0 Å². The number of hydrogen-bond acceptors (Lipinski definition) is 3. The molecule has 1 aliphatic carbocycles. The molecule has 0 spiro atoms. The quantitative estimate of drug-likeness (QED) is 0.148. The third-order valence-corrected chi connectivity index (χ3v) is 14.7. The van der Waals surface area contributed by atoms with E-state index >= 15 is 0 Å². The fourth-order valence-corrected chi connectivity index (χ4v) is 10.6. The molecular formula is C59H53NOS. The van der Waals surface area contributed by atoms with Crippen molar-refractivity contribution in [3.63, 3.8) is 0 Å². The van der Waals surface area contributed by atoms with E-state index in [4.69, 9.17) is 4.74 Å². The molecule has 0 amide bonds. The molecule has 0 radical (unpaired) electrons. The van der Waals surface area contributed by atoms with Crippen LogP contribution in [0.3, 0.4) is 0 Å². The number of anilines is 3. The van der Waals surface area contributed by atoms with Crippen molar-refractivity contribution in [3.05, 3.63) is 216 Å². The standard InChI is InChI=1S/C55H47NOS.C4H6/c1-9-42-35(4)54(5,6)48-32-41(27-28-44(42)48)56(40-25-20-37(21-26-40)43-14-12-15-46-45-13-10-11-16-51(45)58-53(43)46)39-23-18-36(19-24-39)38-22-30-50-49(31-38)55(7,8)47-29-17-33(2)34(3)52(47)57-50;1-3-4-2/h9-32H,1H2,2-8H3;3-4H,1-2H2. The second-order valence-electron chi connectivity index (χ2n) is 17.6. The van der Waals surface area contributed by atoms with E-state index in [1.165, 1.54) is 87.0 Å². The Hall–Kier alpha value is -6.68. The number of aryl methyl sites for hydroxylation is 1. The summed E-state index contributed by atoms with van der Waals surface area (Å²) in [6.45, 7) is 26.8. The van der Waals surface area contributed by atoms with Gasteiger partial charge in [0.1, 0.15) is 11.5 Å². The monoisotopic (exact) mass is 823 g/mol. The number of ether oxygens (including phenoxy) is 1. The van der Waals surface area contributed by atoms with Gasteiger partial charge in [-0.15, -0.1) is 11.3 Å². The number of rotatable bonds is 7. The highest BCUT2D eigenvalue weighted by molar-refractivity contribution is 7.26. The third kappa shape index (κ3) is 6.63. The third-order valence-electron chi connectivity index (χ3n) is 13.5. The SMILES string of the molecule is C=CC1=C(C)C(C)(C)c2cc(N(c3ccc(-c4ccc5c(c4)C(C)(C)c4ccc(C)c(C)c4O5)cc3)c3ccc(-c4cccc5c4sc4ccccc45)cc3)ccc21.C=CC=C. The van der Waals surface area contributed by atoms with E-state index in [0.717, 1.165) is 28.6 Å². The fourth-order valence-electron chi connectivity index (χ4n) is 9.40. The van der Waals surface area contributed by atoms with Gasteiger partial charge in [0.05, 0.1) is 0 Å². The predicted molar refractivity (Wildman–Crippen MR) is 269 cm³/mol. The van der Waals surface area contributed by atoms with Gasteiger partial charge in [0.25, 0.3) is 0 Å². The molecule has 62 heavy (non-hydrogen) atoms. The molecule has 2 nitrogen and oxygen atoms in total. The second kappa shape index (κ2) is 15.7. The summed E-state index contributed by atoms with van der Waals surface area (Å²) >= 11 is 1.88. The van der Waals surface area contributed by atoms with Gasteiger partial charge in [-0.2, -0.15) is 0 Å². The first-order valence-electron chi connectivity index (χ1n) is 21.4. The maximum absolute atomic E-state index is 6.59. The van der Waals surface area contributed by atoms with Gasteiger partial charge in [-0.1, -0.05) is 156 Å². The molecule has 0 fully saturated rings. The molecule has 1 aromatic heterocycles. The molecule has 10 rings (SSSR count). The van der Waals surface area contributed by atoms with Crippen LogP contribution in [-0.2, 0) is 10.8 Å². The van der Waals surface area contributed by atoms with Gasteiger partial charge in [-0.25, -0.2) is 0 Å². The summed E-state index contributed by atoms with van der Waals surface area (Å²) in [7, 11) is 0. The minimum absolute atomic E-state index is 0.0981. The highest BCUT2D eigenvalue weighted by atomic mass is 32.1. The number of fused-ring (bicyclic) bond motifs is 6. The Morgan fingerprint density at radius 3 is 1.89 bits per heavy atom. The van der Waals surface area contributed by atoms with E-state index < -0.39 is 0 Å². The normalized spacial score (nSPS) is 14.2. The average molecular weight is 824 g/mol. The number of allylic oxidation sites excluding steroid dienone is 5. The Morgan fingerprint density at radius 2 is 1.19 bits per heavy atom. The van der Waals surface area contributed by atoms with Crippen LogP contribution >= 0.6 is 11.3 Å². The van der Waals surface area contributed by atoms with Crippen LogP contribution in [0.4, 0.5) is 17.1 Å². The fraction of sp³-hybridized carbons (Fsp3) is 0.153. The maximum atomic E-state index is 6.59. The molecule has 0 bridgehead atoms. The van der Waals surface area contributed by atoms with Crippen LogP contribution in [0.25, 0.3) is 48.0 Å². The van der Waals surface area contributed by atoms with Crippen LogP contribution in [-0.4, -0.2) is 0 Å². The Labute approximate surface area is 371 Å². The van der Waals surface area contributed by atoms with Crippen molar-refractivity contribution in [3.8, 4) is 33.8 Å². The largest absolute Gasteiger partial charge is 0.456 e. The Bertz CT molecular complexity index is 3110. The van der Waals surface area contributed by atoms with Gasteiger partial charge in [-0.05, 0) is 125 Å². The lowest BCUT2D eigenvalue weighted by Crippen LogP contribution is -2.25. The Balaban J connectivity index is 0.00000118. The van der Waals surface area contributed by atoms with Crippen molar-refractivity contribution in [1.82, 2.24) is 0 Å².